The van der Waals surface area contributed by atoms with E-state index in [0.29, 0.717) is 42.1 Å². The number of carbonyl (C=O) groups excluding carboxylic acids is 1. The van der Waals surface area contributed by atoms with Crippen molar-refractivity contribution in [2.75, 3.05) is 42.3 Å². The predicted octanol–water partition coefficient (Wildman–Crippen LogP) is 3.30. The lowest BCUT2D eigenvalue weighted by Gasteiger charge is -2.31. The quantitative estimate of drug-likeness (QED) is 0.539. The Bertz CT molecular complexity index is 1230. The molecule has 0 fully saturated rings. The summed E-state index contributed by atoms with van der Waals surface area (Å²) in [5, 5.41) is 9.79. The zero-order valence-electron chi connectivity index (χ0n) is 18.4. The average Bonchev–Trinajstić information content (AvgIpc) is 2.84. The maximum atomic E-state index is 11.9. The lowest BCUT2D eigenvalue weighted by atomic mass is 10.1. The summed E-state index contributed by atoms with van der Waals surface area (Å²) in [5.41, 5.74) is 5.98. The number of rotatable bonds is 4. The molecule has 0 spiro atoms. The van der Waals surface area contributed by atoms with Gasteiger partial charge in [0.15, 0.2) is 0 Å². The van der Waals surface area contributed by atoms with E-state index >= 15 is 0 Å². The number of fused-ring (bicyclic) bond motifs is 2. The van der Waals surface area contributed by atoms with E-state index in [1.807, 2.05) is 25.3 Å². The molecule has 0 saturated heterocycles. The van der Waals surface area contributed by atoms with Crippen molar-refractivity contribution in [3.63, 3.8) is 0 Å². The molecule has 0 radical (unpaired) electrons. The molecule has 10 heteroatoms. The summed E-state index contributed by atoms with van der Waals surface area (Å²) in [6, 6.07) is 5.55. The van der Waals surface area contributed by atoms with Gasteiger partial charge in [0.05, 0.1) is 29.1 Å². The summed E-state index contributed by atoms with van der Waals surface area (Å²) < 4.78 is 5.58. The van der Waals surface area contributed by atoms with Crippen molar-refractivity contribution < 1.29 is 9.53 Å². The van der Waals surface area contributed by atoms with Crippen molar-refractivity contribution in [2.45, 2.75) is 19.9 Å². The van der Waals surface area contributed by atoms with E-state index in [9.17, 15) is 4.79 Å². The van der Waals surface area contributed by atoms with E-state index in [0.717, 1.165) is 46.8 Å². The fourth-order valence-corrected chi connectivity index (χ4v) is 4.41. The first-order valence-corrected chi connectivity index (χ1v) is 11.2. The van der Waals surface area contributed by atoms with Gasteiger partial charge in [-0.3, -0.25) is 4.79 Å². The Morgan fingerprint density at radius 1 is 1.27 bits per heavy atom. The summed E-state index contributed by atoms with van der Waals surface area (Å²) >= 11 is 6.69. The maximum absolute atomic E-state index is 11.9. The zero-order valence-corrected chi connectivity index (χ0v) is 19.2. The molecule has 2 aliphatic rings. The molecule has 33 heavy (non-hydrogen) atoms. The number of nitrogens with one attached hydrogen (secondary N) is 3. The third-order valence-electron chi connectivity index (χ3n) is 5.85. The molecule has 2 aliphatic heterocycles. The molecule has 1 aromatic carbocycles. The van der Waals surface area contributed by atoms with Crippen LogP contribution in [0.4, 0.5) is 23.0 Å². The molecular formula is C23H24ClN7O2. The van der Waals surface area contributed by atoms with E-state index in [1.54, 1.807) is 19.3 Å². The normalized spacial score (nSPS) is 14.5. The molecule has 9 nitrogen and oxygen atoms in total. The van der Waals surface area contributed by atoms with E-state index in [2.05, 4.69) is 30.8 Å². The van der Waals surface area contributed by atoms with Crippen LogP contribution in [0.15, 0.2) is 30.6 Å². The van der Waals surface area contributed by atoms with E-state index < -0.39 is 0 Å². The minimum Gasteiger partial charge on any atom is -0.474 e. The number of nitrogens with zero attached hydrogens (tertiary/aromatic N) is 4. The topological polar surface area (TPSA) is 104 Å². The minimum atomic E-state index is -0.110. The second-order valence-electron chi connectivity index (χ2n) is 7.98. The molecule has 0 bridgehead atoms. The van der Waals surface area contributed by atoms with Gasteiger partial charge >= 0.3 is 0 Å². The van der Waals surface area contributed by atoms with Crippen LogP contribution in [0.3, 0.4) is 0 Å². The lowest BCUT2D eigenvalue weighted by molar-refractivity contribution is 0.0962. The Balaban J connectivity index is 1.36. The summed E-state index contributed by atoms with van der Waals surface area (Å²) in [7, 11) is 1.62. The van der Waals surface area contributed by atoms with Crippen LogP contribution in [0.25, 0.3) is 0 Å². The third-order valence-corrected chi connectivity index (χ3v) is 6.23. The van der Waals surface area contributed by atoms with Crippen LogP contribution in [0.1, 0.15) is 27.2 Å². The number of benzene rings is 1. The molecule has 0 unspecified atom stereocenters. The van der Waals surface area contributed by atoms with Crippen LogP contribution in [-0.2, 0) is 13.0 Å². The average molecular weight is 466 g/mol. The molecule has 5 rings (SSSR count). The fourth-order valence-electron chi connectivity index (χ4n) is 4.10. The van der Waals surface area contributed by atoms with Crippen molar-refractivity contribution in [1.82, 2.24) is 20.3 Å². The largest absolute Gasteiger partial charge is 0.474 e. The van der Waals surface area contributed by atoms with Crippen LogP contribution in [0.5, 0.6) is 5.88 Å². The van der Waals surface area contributed by atoms with Gasteiger partial charge < -0.3 is 25.6 Å². The van der Waals surface area contributed by atoms with Crippen molar-refractivity contribution in [1.29, 1.82) is 0 Å². The smallest absolute Gasteiger partial charge is 0.251 e. The Morgan fingerprint density at radius 3 is 2.97 bits per heavy atom. The highest BCUT2D eigenvalue weighted by molar-refractivity contribution is 6.36. The van der Waals surface area contributed by atoms with E-state index in [-0.39, 0.29) is 5.91 Å². The SMILES string of the molecule is CNC(=O)c1ccc(Nc2ncc3c(n2)CN(c2cnc4c(c2Cl)NCCO4)CC3)cc1C. The van der Waals surface area contributed by atoms with Gasteiger partial charge in [0.25, 0.3) is 5.91 Å². The Labute approximate surface area is 196 Å². The van der Waals surface area contributed by atoms with Gasteiger partial charge in [-0.1, -0.05) is 11.6 Å². The van der Waals surface area contributed by atoms with Gasteiger partial charge in [0.1, 0.15) is 12.3 Å². The van der Waals surface area contributed by atoms with Gasteiger partial charge in [-0.2, -0.15) is 0 Å². The van der Waals surface area contributed by atoms with Crippen molar-refractivity contribution >= 4 is 40.5 Å². The number of aromatic nitrogens is 3. The monoisotopic (exact) mass is 465 g/mol. The standard InChI is InChI=1S/C23H24ClN7O2/c1-13-9-15(3-4-16(13)21(32)25-2)29-23-28-10-14-5-7-31(12-17(14)30-23)18-11-27-22-20(19(18)24)26-6-8-33-22/h3-4,9-11,26H,5-8,12H2,1-2H3,(H,25,32)(H,28,29,30). The van der Waals surface area contributed by atoms with Crippen molar-refractivity contribution in [3.8, 4) is 5.88 Å². The van der Waals surface area contributed by atoms with Crippen LogP contribution in [0.2, 0.25) is 5.02 Å². The maximum Gasteiger partial charge on any atom is 0.251 e. The number of ether oxygens (including phenoxy) is 1. The third kappa shape index (κ3) is 4.11. The Hall–Kier alpha value is -3.59. The van der Waals surface area contributed by atoms with Gasteiger partial charge in [-0.25, -0.2) is 15.0 Å². The molecule has 4 heterocycles. The predicted molar refractivity (Wildman–Crippen MR) is 128 cm³/mol. The molecule has 170 valence electrons. The van der Waals surface area contributed by atoms with Crippen LogP contribution < -0.4 is 25.6 Å². The molecule has 3 aromatic rings. The van der Waals surface area contributed by atoms with Gasteiger partial charge in [-0.05, 0) is 42.7 Å². The molecule has 0 aliphatic carbocycles. The van der Waals surface area contributed by atoms with Crippen LogP contribution in [0, 0.1) is 6.92 Å². The second-order valence-corrected chi connectivity index (χ2v) is 8.36. The molecule has 3 N–H and O–H groups in total. The van der Waals surface area contributed by atoms with Gasteiger partial charge in [0, 0.05) is 37.6 Å². The van der Waals surface area contributed by atoms with Crippen molar-refractivity contribution in [3.05, 3.63) is 58.0 Å². The minimum absolute atomic E-state index is 0.110. The van der Waals surface area contributed by atoms with Crippen LogP contribution in [-0.4, -0.2) is 47.6 Å². The Kier molecular flexibility index (Phi) is 5.63. The molecule has 2 aromatic heterocycles. The summed E-state index contributed by atoms with van der Waals surface area (Å²) in [6.07, 6.45) is 4.44. The number of halogens is 1. The van der Waals surface area contributed by atoms with E-state index in [1.165, 1.54) is 0 Å². The molecule has 0 atom stereocenters. The molecule has 0 saturated carbocycles. The number of hydrogen-bond acceptors (Lipinski definition) is 8. The number of hydrogen-bond donors (Lipinski definition) is 3. The first-order chi connectivity index (χ1) is 16.0. The molecule has 1 amide bonds. The highest BCUT2D eigenvalue weighted by atomic mass is 35.5. The molecular weight excluding hydrogens is 442 g/mol. The zero-order chi connectivity index (χ0) is 22.9. The van der Waals surface area contributed by atoms with E-state index in [4.69, 9.17) is 21.3 Å². The fraction of sp³-hybridized carbons (Fsp3) is 0.304. The number of pyridine rings is 1. The van der Waals surface area contributed by atoms with Crippen LogP contribution >= 0.6 is 11.6 Å². The second kappa shape index (κ2) is 8.74. The number of anilines is 4. The number of carbonyl (C=O) groups is 1. The number of aryl methyl sites for hydroxylation is 1. The van der Waals surface area contributed by atoms with Crippen molar-refractivity contribution in [2.24, 2.45) is 0 Å². The first-order valence-electron chi connectivity index (χ1n) is 10.8. The highest BCUT2D eigenvalue weighted by Crippen LogP contribution is 2.40. The lowest BCUT2D eigenvalue weighted by Crippen LogP contribution is -2.32. The number of amides is 1. The summed E-state index contributed by atoms with van der Waals surface area (Å²) in [5.74, 6) is 0.938. The highest BCUT2D eigenvalue weighted by Gasteiger charge is 2.25. The van der Waals surface area contributed by atoms with Gasteiger partial charge in [0.2, 0.25) is 11.8 Å². The first kappa shape index (κ1) is 21.3. The summed E-state index contributed by atoms with van der Waals surface area (Å²) in [4.78, 5) is 27.8. The van der Waals surface area contributed by atoms with Gasteiger partial charge in [-0.15, -0.1) is 0 Å². The summed E-state index contributed by atoms with van der Waals surface area (Å²) in [6.45, 7) is 4.57. The Morgan fingerprint density at radius 2 is 2.15 bits per heavy atom.